The van der Waals surface area contributed by atoms with Crippen LogP contribution in [-0.2, 0) is 47.5 Å². The molecule has 1 saturated heterocycles. The van der Waals surface area contributed by atoms with Crippen molar-refractivity contribution in [3.05, 3.63) is 0 Å². The second kappa shape index (κ2) is 25.7. The highest BCUT2D eigenvalue weighted by Gasteiger charge is 2.44. The van der Waals surface area contributed by atoms with Gasteiger partial charge in [-0.25, -0.2) is 0 Å². The second-order valence-corrected chi connectivity index (χ2v) is 9.47. The van der Waals surface area contributed by atoms with Crippen LogP contribution in [0.5, 0.6) is 0 Å². The molecular weight excluding hydrogens is 560 g/mol. The Morgan fingerprint density at radius 3 is 1.88 bits per heavy atom. The van der Waals surface area contributed by atoms with E-state index in [4.69, 9.17) is 33.2 Å². The Kier molecular flexibility index (Phi) is 23.4. The number of hydrogen-bond donors (Lipinski definition) is 5. The third-order valence-electron chi connectivity index (χ3n) is 6.09. The molecule has 0 aliphatic carbocycles. The van der Waals surface area contributed by atoms with Gasteiger partial charge < -0.3 is 63.9 Å². The standard InChI is InChI=1S/C27H50N2O13/c1-21(32)29-25-22(42-23(20-31)26(34)27(25)35)4-2-8-36-12-15-39-11-6-28-24(33)5-10-38-14-17-41-19-18-40-16-13-37-9-3-7-30/h7,22-23,25-27,31,34-35H,2-6,8-20H2,1H3,(H,28,33)(H,29,32)/t22-,23-,25+,26+,27-/m1/s1. The van der Waals surface area contributed by atoms with E-state index in [1.165, 1.54) is 6.92 Å². The highest BCUT2D eigenvalue weighted by Crippen LogP contribution is 2.24. The van der Waals surface area contributed by atoms with Crippen molar-refractivity contribution in [2.24, 2.45) is 0 Å². The Balaban J connectivity index is 1.91. The fraction of sp³-hybridized carbons (Fsp3) is 0.889. The number of aliphatic hydroxyl groups is 3. The summed E-state index contributed by atoms with van der Waals surface area (Å²) in [7, 11) is 0. The minimum Gasteiger partial charge on any atom is -0.394 e. The fourth-order valence-corrected chi connectivity index (χ4v) is 3.97. The van der Waals surface area contributed by atoms with Gasteiger partial charge >= 0.3 is 0 Å². The van der Waals surface area contributed by atoms with Crippen molar-refractivity contribution in [1.82, 2.24) is 10.6 Å². The summed E-state index contributed by atoms with van der Waals surface area (Å²) in [6.07, 6.45) is -1.59. The Hall–Kier alpha value is -1.79. The van der Waals surface area contributed by atoms with Crippen LogP contribution in [0.2, 0.25) is 0 Å². The number of carbonyl (C=O) groups is 3. The monoisotopic (exact) mass is 610 g/mol. The predicted octanol–water partition coefficient (Wildman–Crippen LogP) is -2.05. The minimum atomic E-state index is -1.30. The van der Waals surface area contributed by atoms with Crippen molar-refractivity contribution in [1.29, 1.82) is 0 Å². The first-order valence-electron chi connectivity index (χ1n) is 14.5. The maximum atomic E-state index is 11.8. The van der Waals surface area contributed by atoms with Gasteiger partial charge in [0.05, 0.1) is 91.4 Å². The van der Waals surface area contributed by atoms with Crippen molar-refractivity contribution in [3.8, 4) is 0 Å². The number of carbonyl (C=O) groups excluding carboxylic acids is 3. The Labute approximate surface area is 247 Å². The lowest BCUT2D eigenvalue weighted by atomic mass is 9.90. The number of aldehydes is 1. The van der Waals surface area contributed by atoms with Crippen LogP contribution in [0, 0.1) is 0 Å². The van der Waals surface area contributed by atoms with Gasteiger partial charge in [0, 0.05) is 32.9 Å². The average Bonchev–Trinajstić information content (AvgIpc) is 2.97. The third-order valence-corrected chi connectivity index (χ3v) is 6.09. The molecule has 5 atom stereocenters. The molecule has 246 valence electrons. The number of aliphatic hydroxyl groups excluding tert-OH is 3. The lowest BCUT2D eigenvalue weighted by Crippen LogP contribution is -2.63. The van der Waals surface area contributed by atoms with E-state index >= 15 is 0 Å². The zero-order chi connectivity index (χ0) is 30.8. The van der Waals surface area contributed by atoms with Gasteiger partial charge in [-0.05, 0) is 12.8 Å². The molecule has 1 aliphatic rings. The molecule has 1 aliphatic heterocycles. The molecule has 15 nitrogen and oxygen atoms in total. The average molecular weight is 611 g/mol. The SMILES string of the molecule is CC(=O)N[C@@H]1[C@@H](O)[C@@H](O)[C@@H](CO)O[C@@H]1CCCOCCOCCNC(=O)CCOCCOCCOCCOCCC=O. The Morgan fingerprint density at radius 1 is 0.762 bits per heavy atom. The van der Waals surface area contributed by atoms with Crippen LogP contribution < -0.4 is 10.6 Å². The highest BCUT2D eigenvalue weighted by molar-refractivity contribution is 5.75. The van der Waals surface area contributed by atoms with Gasteiger partial charge in [0.25, 0.3) is 0 Å². The van der Waals surface area contributed by atoms with Crippen LogP contribution >= 0.6 is 0 Å². The molecular formula is C27H50N2O13. The number of rotatable bonds is 27. The van der Waals surface area contributed by atoms with Crippen molar-refractivity contribution in [3.63, 3.8) is 0 Å². The highest BCUT2D eigenvalue weighted by atomic mass is 16.6. The van der Waals surface area contributed by atoms with Crippen molar-refractivity contribution >= 4 is 18.1 Å². The van der Waals surface area contributed by atoms with Gasteiger partial charge in [0.2, 0.25) is 11.8 Å². The minimum absolute atomic E-state index is 0.136. The predicted molar refractivity (Wildman–Crippen MR) is 148 cm³/mol. The van der Waals surface area contributed by atoms with Gasteiger partial charge in [0.15, 0.2) is 0 Å². The van der Waals surface area contributed by atoms with E-state index in [1.54, 1.807) is 0 Å². The lowest BCUT2D eigenvalue weighted by Gasteiger charge is -2.42. The molecule has 0 bridgehead atoms. The van der Waals surface area contributed by atoms with Crippen LogP contribution in [0.25, 0.3) is 0 Å². The van der Waals surface area contributed by atoms with E-state index in [1.807, 2.05) is 0 Å². The molecule has 0 aromatic rings. The van der Waals surface area contributed by atoms with Crippen LogP contribution in [-0.4, -0.2) is 156 Å². The molecule has 1 fully saturated rings. The van der Waals surface area contributed by atoms with Crippen molar-refractivity contribution in [2.75, 3.05) is 92.4 Å². The molecule has 1 rings (SSSR count). The summed E-state index contributed by atoms with van der Waals surface area (Å²) in [5, 5.41) is 35.1. The number of nitrogens with one attached hydrogen (secondary N) is 2. The van der Waals surface area contributed by atoms with Gasteiger partial charge in [-0.1, -0.05) is 0 Å². The van der Waals surface area contributed by atoms with Gasteiger partial charge in [-0.2, -0.15) is 0 Å². The maximum Gasteiger partial charge on any atom is 0.222 e. The molecule has 15 heteroatoms. The quantitative estimate of drug-likeness (QED) is 0.0503. The van der Waals surface area contributed by atoms with Crippen LogP contribution in [0.3, 0.4) is 0 Å². The molecule has 5 N–H and O–H groups in total. The summed E-state index contributed by atoms with van der Waals surface area (Å²) in [6.45, 7) is 5.92. The largest absolute Gasteiger partial charge is 0.394 e. The summed E-state index contributed by atoms with van der Waals surface area (Å²) >= 11 is 0. The topological polar surface area (TPSA) is 201 Å². The van der Waals surface area contributed by atoms with Crippen LogP contribution in [0.1, 0.15) is 32.6 Å². The first kappa shape index (κ1) is 38.2. The third kappa shape index (κ3) is 18.7. The van der Waals surface area contributed by atoms with Crippen LogP contribution in [0.4, 0.5) is 0 Å². The van der Waals surface area contributed by atoms with E-state index < -0.39 is 37.1 Å². The fourth-order valence-electron chi connectivity index (χ4n) is 3.97. The lowest BCUT2D eigenvalue weighted by molar-refractivity contribution is -0.197. The first-order valence-corrected chi connectivity index (χ1v) is 14.5. The normalized spacial score (nSPS) is 22.1. The maximum absolute atomic E-state index is 11.8. The molecule has 0 spiro atoms. The molecule has 1 heterocycles. The van der Waals surface area contributed by atoms with Crippen LogP contribution in [0.15, 0.2) is 0 Å². The molecule has 0 radical (unpaired) electrons. The smallest absolute Gasteiger partial charge is 0.222 e. The van der Waals surface area contributed by atoms with Crippen molar-refractivity contribution < 1.29 is 62.9 Å². The summed E-state index contributed by atoms with van der Waals surface area (Å²) in [5.74, 6) is -0.490. The molecule has 0 aromatic carbocycles. The molecule has 42 heavy (non-hydrogen) atoms. The Morgan fingerprint density at radius 2 is 1.31 bits per heavy atom. The van der Waals surface area contributed by atoms with E-state index in [-0.39, 0.29) is 24.8 Å². The van der Waals surface area contributed by atoms with Gasteiger partial charge in [0.1, 0.15) is 24.6 Å². The zero-order valence-corrected chi connectivity index (χ0v) is 24.6. The summed E-state index contributed by atoms with van der Waals surface area (Å²) in [4.78, 5) is 33.4. The summed E-state index contributed by atoms with van der Waals surface area (Å²) in [6, 6.07) is -0.784. The molecule has 0 saturated carbocycles. The van der Waals surface area contributed by atoms with Crippen molar-refractivity contribution in [2.45, 2.75) is 63.1 Å². The summed E-state index contributed by atoms with van der Waals surface area (Å²) < 4.78 is 37.9. The van der Waals surface area contributed by atoms with E-state index in [0.29, 0.717) is 98.5 Å². The van der Waals surface area contributed by atoms with E-state index in [2.05, 4.69) is 10.6 Å². The zero-order valence-electron chi connectivity index (χ0n) is 24.6. The second-order valence-electron chi connectivity index (χ2n) is 9.47. The van der Waals surface area contributed by atoms with Gasteiger partial charge in [-0.3, -0.25) is 9.59 Å². The summed E-state index contributed by atoms with van der Waals surface area (Å²) in [5.41, 5.74) is 0. The van der Waals surface area contributed by atoms with Gasteiger partial charge in [-0.15, -0.1) is 0 Å². The number of amides is 2. The number of ether oxygens (including phenoxy) is 7. The first-order chi connectivity index (χ1) is 20.4. The number of hydrogen-bond acceptors (Lipinski definition) is 13. The van der Waals surface area contributed by atoms with E-state index in [0.717, 1.165) is 6.29 Å². The molecule has 2 amide bonds. The van der Waals surface area contributed by atoms with E-state index in [9.17, 15) is 29.7 Å². The Bertz CT molecular complexity index is 703. The molecule has 0 aromatic heterocycles. The molecule has 0 unspecified atom stereocenters.